The van der Waals surface area contributed by atoms with Crippen LogP contribution in [-0.2, 0) is 0 Å². The molecule has 0 saturated heterocycles. The Balaban J connectivity index is 1.93. The molecule has 0 atom stereocenters. The molecule has 116 valence electrons. The molecule has 1 aromatic heterocycles. The summed E-state index contributed by atoms with van der Waals surface area (Å²) < 4.78 is 0. The Morgan fingerprint density at radius 3 is 2.39 bits per heavy atom. The number of rotatable bonds is 3. The molecule has 3 aromatic rings. The van der Waals surface area contributed by atoms with Gasteiger partial charge >= 0.3 is 0 Å². The number of fused-ring (bicyclic) bond motifs is 1. The number of hydrogen-bond donors (Lipinski definition) is 0. The van der Waals surface area contributed by atoms with Crippen LogP contribution in [0.25, 0.3) is 10.8 Å². The first kappa shape index (κ1) is 15.0. The summed E-state index contributed by atoms with van der Waals surface area (Å²) in [4.78, 5) is 20.5. The molecule has 1 amide bonds. The zero-order chi connectivity index (χ0) is 16.4. The molecular formula is C19H19N3O. The topological polar surface area (TPSA) is 36.4 Å². The highest BCUT2D eigenvalue weighted by molar-refractivity contribution is 6.07. The predicted octanol–water partition coefficient (Wildman–Crippen LogP) is 3.58. The lowest BCUT2D eigenvalue weighted by Crippen LogP contribution is -2.26. The summed E-state index contributed by atoms with van der Waals surface area (Å²) in [6, 6.07) is 17.7. The minimum atomic E-state index is -0.0502. The van der Waals surface area contributed by atoms with Crippen molar-refractivity contribution in [3.05, 3.63) is 66.4 Å². The van der Waals surface area contributed by atoms with Gasteiger partial charge in [0.15, 0.2) is 0 Å². The Labute approximate surface area is 136 Å². The lowest BCUT2D eigenvalue weighted by molar-refractivity contribution is 0.0993. The molecule has 3 rings (SSSR count). The van der Waals surface area contributed by atoms with Gasteiger partial charge in [-0.3, -0.25) is 4.79 Å². The van der Waals surface area contributed by atoms with E-state index in [1.807, 2.05) is 55.4 Å². The molecular weight excluding hydrogens is 286 g/mol. The van der Waals surface area contributed by atoms with Gasteiger partial charge in [0.05, 0.1) is 0 Å². The first-order chi connectivity index (χ1) is 11.1. The van der Waals surface area contributed by atoms with Crippen molar-refractivity contribution >= 4 is 28.2 Å². The average molecular weight is 305 g/mol. The summed E-state index contributed by atoms with van der Waals surface area (Å²) in [6.45, 7) is 0. The number of carbonyl (C=O) groups excluding carboxylic acids is 1. The van der Waals surface area contributed by atoms with E-state index >= 15 is 0 Å². The molecule has 4 nitrogen and oxygen atoms in total. The van der Waals surface area contributed by atoms with Crippen molar-refractivity contribution in [2.24, 2.45) is 0 Å². The molecule has 0 aliphatic heterocycles. The normalized spacial score (nSPS) is 10.6. The van der Waals surface area contributed by atoms with Crippen molar-refractivity contribution in [3.8, 4) is 0 Å². The lowest BCUT2D eigenvalue weighted by atomic mass is 10.1. The Kier molecular flexibility index (Phi) is 3.98. The number of aromatic nitrogens is 1. The fourth-order valence-corrected chi connectivity index (χ4v) is 2.49. The standard InChI is InChI=1S/C19H19N3O/c1-21(2)18-13-16(10-11-20-18)19(23)22(3)17-9-8-14-6-4-5-7-15(14)12-17/h4-13H,1-3H3. The SMILES string of the molecule is CN(C)c1cc(C(=O)N(C)c2ccc3ccccc3c2)ccn1. The monoisotopic (exact) mass is 305 g/mol. The van der Waals surface area contributed by atoms with Crippen LogP contribution in [0.5, 0.6) is 0 Å². The van der Waals surface area contributed by atoms with Crippen LogP contribution in [0.4, 0.5) is 11.5 Å². The van der Waals surface area contributed by atoms with Crippen LogP contribution in [0.2, 0.25) is 0 Å². The van der Waals surface area contributed by atoms with E-state index in [1.54, 1.807) is 30.3 Å². The summed E-state index contributed by atoms with van der Waals surface area (Å²) in [5.41, 5.74) is 1.50. The maximum absolute atomic E-state index is 12.7. The van der Waals surface area contributed by atoms with Crippen molar-refractivity contribution < 1.29 is 4.79 Å². The molecule has 0 aliphatic carbocycles. The first-order valence-electron chi connectivity index (χ1n) is 7.46. The lowest BCUT2D eigenvalue weighted by Gasteiger charge is -2.19. The second-order valence-corrected chi connectivity index (χ2v) is 5.69. The van der Waals surface area contributed by atoms with Gasteiger partial charge in [0.1, 0.15) is 5.82 Å². The zero-order valence-corrected chi connectivity index (χ0v) is 13.5. The Morgan fingerprint density at radius 2 is 1.65 bits per heavy atom. The highest BCUT2D eigenvalue weighted by Gasteiger charge is 2.15. The van der Waals surface area contributed by atoms with Gasteiger partial charge in [-0.15, -0.1) is 0 Å². The van der Waals surface area contributed by atoms with Crippen molar-refractivity contribution in [1.29, 1.82) is 0 Å². The third-order valence-corrected chi connectivity index (χ3v) is 3.88. The van der Waals surface area contributed by atoms with Gasteiger partial charge in [-0.05, 0) is 35.0 Å². The number of carbonyl (C=O) groups is 1. The summed E-state index contributed by atoms with van der Waals surface area (Å²) >= 11 is 0. The van der Waals surface area contributed by atoms with Crippen molar-refractivity contribution in [2.75, 3.05) is 30.9 Å². The number of benzene rings is 2. The summed E-state index contributed by atoms with van der Waals surface area (Å²) in [6.07, 6.45) is 1.66. The Hall–Kier alpha value is -2.88. The van der Waals surface area contributed by atoms with Crippen LogP contribution in [0.15, 0.2) is 60.8 Å². The molecule has 1 heterocycles. The van der Waals surface area contributed by atoms with Gasteiger partial charge in [-0.1, -0.05) is 30.3 Å². The van der Waals surface area contributed by atoms with Gasteiger partial charge in [0.2, 0.25) is 0 Å². The van der Waals surface area contributed by atoms with Crippen LogP contribution in [0.3, 0.4) is 0 Å². The quantitative estimate of drug-likeness (QED) is 0.742. The van der Waals surface area contributed by atoms with Crippen LogP contribution < -0.4 is 9.80 Å². The highest BCUT2D eigenvalue weighted by atomic mass is 16.2. The molecule has 23 heavy (non-hydrogen) atoms. The largest absolute Gasteiger partial charge is 0.363 e. The molecule has 0 unspecified atom stereocenters. The number of pyridine rings is 1. The van der Waals surface area contributed by atoms with E-state index in [4.69, 9.17) is 0 Å². The van der Waals surface area contributed by atoms with Gasteiger partial charge in [-0.2, -0.15) is 0 Å². The average Bonchev–Trinajstić information content (AvgIpc) is 2.60. The Bertz CT molecular complexity index is 858. The molecule has 4 heteroatoms. The summed E-state index contributed by atoms with van der Waals surface area (Å²) in [5, 5.41) is 2.28. The summed E-state index contributed by atoms with van der Waals surface area (Å²) in [5.74, 6) is 0.716. The fraction of sp³-hybridized carbons (Fsp3) is 0.158. The molecule has 0 radical (unpaired) electrons. The number of hydrogen-bond acceptors (Lipinski definition) is 3. The van der Waals surface area contributed by atoms with E-state index in [0.717, 1.165) is 22.3 Å². The first-order valence-corrected chi connectivity index (χ1v) is 7.46. The minimum Gasteiger partial charge on any atom is -0.363 e. The van der Waals surface area contributed by atoms with E-state index < -0.39 is 0 Å². The molecule has 0 aliphatic rings. The maximum atomic E-state index is 12.7. The summed E-state index contributed by atoms with van der Waals surface area (Å²) in [7, 11) is 5.61. The second-order valence-electron chi connectivity index (χ2n) is 5.69. The second kappa shape index (κ2) is 6.08. The molecule has 2 aromatic carbocycles. The van der Waals surface area contributed by atoms with E-state index in [-0.39, 0.29) is 5.91 Å². The van der Waals surface area contributed by atoms with Crippen molar-refractivity contribution in [2.45, 2.75) is 0 Å². The molecule has 0 spiro atoms. The molecule has 0 bridgehead atoms. The van der Waals surface area contributed by atoms with Crippen molar-refractivity contribution in [3.63, 3.8) is 0 Å². The maximum Gasteiger partial charge on any atom is 0.258 e. The van der Waals surface area contributed by atoms with Crippen LogP contribution >= 0.6 is 0 Å². The Morgan fingerprint density at radius 1 is 0.913 bits per heavy atom. The third kappa shape index (κ3) is 3.01. The van der Waals surface area contributed by atoms with E-state index in [0.29, 0.717) is 5.56 Å². The van der Waals surface area contributed by atoms with Gasteiger partial charge < -0.3 is 9.80 Å². The minimum absolute atomic E-state index is 0.0502. The van der Waals surface area contributed by atoms with E-state index in [1.165, 1.54) is 0 Å². The molecule has 0 fully saturated rings. The molecule has 0 N–H and O–H groups in total. The third-order valence-electron chi connectivity index (χ3n) is 3.88. The van der Waals surface area contributed by atoms with Crippen LogP contribution in [-0.4, -0.2) is 32.0 Å². The van der Waals surface area contributed by atoms with Crippen LogP contribution in [0.1, 0.15) is 10.4 Å². The smallest absolute Gasteiger partial charge is 0.258 e. The number of amides is 1. The number of anilines is 2. The van der Waals surface area contributed by atoms with Gasteiger partial charge in [0, 0.05) is 38.6 Å². The van der Waals surface area contributed by atoms with Gasteiger partial charge in [0.25, 0.3) is 5.91 Å². The number of nitrogens with zero attached hydrogens (tertiary/aromatic N) is 3. The van der Waals surface area contributed by atoms with E-state index in [9.17, 15) is 4.79 Å². The van der Waals surface area contributed by atoms with Gasteiger partial charge in [-0.25, -0.2) is 4.98 Å². The predicted molar refractivity (Wildman–Crippen MR) is 95.2 cm³/mol. The van der Waals surface area contributed by atoms with Crippen molar-refractivity contribution in [1.82, 2.24) is 4.98 Å². The van der Waals surface area contributed by atoms with E-state index in [2.05, 4.69) is 11.1 Å². The van der Waals surface area contributed by atoms with Crippen LogP contribution in [0, 0.1) is 0 Å². The molecule has 0 saturated carbocycles. The fourth-order valence-electron chi connectivity index (χ4n) is 2.49. The highest BCUT2D eigenvalue weighted by Crippen LogP contribution is 2.23. The zero-order valence-electron chi connectivity index (χ0n) is 13.5.